The molecule has 1 aliphatic rings. The molecule has 0 saturated heterocycles. The smallest absolute Gasteiger partial charge is 0.295 e. The molecule has 2 rings (SSSR count). The molecule has 0 atom stereocenters. The predicted molar refractivity (Wildman–Crippen MR) is 60.3 cm³/mol. The average molecular weight is 258 g/mol. The Bertz CT molecular complexity index is 484. The first-order valence-corrected chi connectivity index (χ1v) is 5.50. The highest BCUT2D eigenvalue weighted by Crippen LogP contribution is 2.39. The van der Waals surface area contributed by atoms with Crippen LogP contribution in [0.5, 0.6) is 0 Å². The molecule has 0 bridgehead atoms. The largest absolute Gasteiger partial charge is 0.394 e. The molecule has 1 aliphatic carbocycles. The van der Waals surface area contributed by atoms with Crippen molar-refractivity contribution in [3.05, 3.63) is 33.9 Å². The van der Waals surface area contributed by atoms with Crippen molar-refractivity contribution in [2.75, 3.05) is 11.9 Å². The summed E-state index contributed by atoms with van der Waals surface area (Å²) in [5.41, 5.74) is -1.80. The first kappa shape index (κ1) is 12.7. The van der Waals surface area contributed by atoms with Crippen molar-refractivity contribution in [1.29, 1.82) is 0 Å². The second-order valence-corrected chi connectivity index (χ2v) is 4.43. The summed E-state index contributed by atoms with van der Waals surface area (Å²) >= 11 is 0. The van der Waals surface area contributed by atoms with Crippen molar-refractivity contribution in [2.24, 2.45) is 0 Å². The van der Waals surface area contributed by atoms with E-state index in [1.165, 1.54) is 0 Å². The minimum Gasteiger partial charge on any atom is -0.394 e. The molecular weight excluding hydrogens is 246 g/mol. The Morgan fingerprint density at radius 3 is 2.56 bits per heavy atom. The van der Waals surface area contributed by atoms with Gasteiger partial charge < -0.3 is 10.4 Å². The van der Waals surface area contributed by atoms with Crippen molar-refractivity contribution < 1.29 is 18.8 Å². The van der Waals surface area contributed by atoms with Crippen molar-refractivity contribution >= 4 is 11.4 Å². The standard InChI is InChI=1S/C11H12F2N2O3/c12-7-2-3-8(15(17)18)10(9(7)13)14-11(6-16)4-1-5-11/h2-3,14,16H,1,4-6H2. The van der Waals surface area contributed by atoms with Gasteiger partial charge in [0.2, 0.25) is 0 Å². The minimum atomic E-state index is -1.29. The quantitative estimate of drug-likeness (QED) is 0.641. The zero-order valence-electron chi connectivity index (χ0n) is 9.45. The maximum atomic E-state index is 13.6. The lowest BCUT2D eigenvalue weighted by Crippen LogP contribution is -2.48. The highest BCUT2D eigenvalue weighted by molar-refractivity contribution is 5.64. The number of hydrogen-bond acceptors (Lipinski definition) is 4. The van der Waals surface area contributed by atoms with Crippen LogP contribution in [-0.2, 0) is 0 Å². The van der Waals surface area contributed by atoms with Gasteiger partial charge in [-0.3, -0.25) is 10.1 Å². The number of nitro groups is 1. The number of anilines is 1. The summed E-state index contributed by atoms with van der Waals surface area (Å²) in [7, 11) is 0. The lowest BCUT2D eigenvalue weighted by Gasteiger charge is -2.41. The van der Waals surface area contributed by atoms with E-state index in [1.807, 2.05) is 0 Å². The summed E-state index contributed by atoms with van der Waals surface area (Å²) in [4.78, 5) is 10.00. The Morgan fingerprint density at radius 2 is 2.11 bits per heavy atom. The zero-order chi connectivity index (χ0) is 13.3. The fourth-order valence-corrected chi connectivity index (χ4v) is 2.00. The number of rotatable bonds is 4. The minimum absolute atomic E-state index is 0.278. The topological polar surface area (TPSA) is 75.4 Å². The second kappa shape index (κ2) is 4.49. The molecule has 98 valence electrons. The van der Waals surface area contributed by atoms with Gasteiger partial charge in [0, 0.05) is 6.07 Å². The lowest BCUT2D eigenvalue weighted by atomic mass is 9.77. The van der Waals surface area contributed by atoms with E-state index in [2.05, 4.69) is 5.32 Å². The second-order valence-electron chi connectivity index (χ2n) is 4.43. The van der Waals surface area contributed by atoms with E-state index in [9.17, 15) is 24.0 Å². The SMILES string of the molecule is O=[N+]([O-])c1ccc(F)c(F)c1NC1(CO)CCC1. The van der Waals surface area contributed by atoms with Crippen LogP contribution in [0.3, 0.4) is 0 Å². The van der Waals surface area contributed by atoms with E-state index in [-0.39, 0.29) is 6.61 Å². The number of benzene rings is 1. The molecule has 0 heterocycles. The Labute approximate surface area is 102 Å². The fourth-order valence-electron chi connectivity index (χ4n) is 2.00. The van der Waals surface area contributed by atoms with Gasteiger partial charge in [-0.25, -0.2) is 8.78 Å². The summed E-state index contributed by atoms with van der Waals surface area (Å²) in [5.74, 6) is -2.44. The molecule has 1 aromatic rings. The molecule has 0 spiro atoms. The Morgan fingerprint density at radius 1 is 1.44 bits per heavy atom. The van der Waals surface area contributed by atoms with E-state index in [0.29, 0.717) is 18.9 Å². The zero-order valence-corrected chi connectivity index (χ0v) is 9.45. The van der Waals surface area contributed by atoms with E-state index in [0.717, 1.165) is 12.5 Å². The molecule has 1 aromatic carbocycles. The van der Waals surface area contributed by atoms with Gasteiger partial charge in [0.25, 0.3) is 5.69 Å². The summed E-state index contributed by atoms with van der Waals surface area (Å²) in [6.45, 7) is -0.278. The molecule has 0 amide bonds. The van der Waals surface area contributed by atoms with E-state index < -0.39 is 33.5 Å². The van der Waals surface area contributed by atoms with Crippen LogP contribution in [0.4, 0.5) is 20.2 Å². The number of aliphatic hydroxyl groups excluding tert-OH is 1. The normalized spacial score (nSPS) is 17.1. The molecule has 1 saturated carbocycles. The highest BCUT2D eigenvalue weighted by atomic mass is 19.2. The van der Waals surface area contributed by atoms with E-state index in [4.69, 9.17) is 0 Å². The lowest BCUT2D eigenvalue weighted by molar-refractivity contribution is -0.384. The van der Waals surface area contributed by atoms with Crippen LogP contribution < -0.4 is 5.32 Å². The summed E-state index contributed by atoms with van der Waals surface area (Å²) in [6.07, 6.45) is 1.96. The number of hydrogen-bond donors (Lipinski definition) is 2. The van der Waals surface area contributed by atoms with Gasteiger partial charge in [-0.1, -0.05) is 0 Å². The van der Waals surface area contributed by atoms with Gasteiger partial charge in [-0.2, -0.15) is 0 Å². The number of aliphatic hydroxyl groups is 1. The summed E-state index contributed by atoms with van der Waals surface area (Å²) in [5, 5.41) is 22.6. The first-order valence-electron chi connectivity index (χ1n) is 5.50. The van der Waals surface area contributed by atoms with Crippen LogP contribution in [0.15, 0.2) is 12.1 Å². The molecule has 0 radical (unpaired) electrons. The van der Waals surface area contributed by atoms with Crippen LogP contribution in [0.2, 0.25) is 0 Å². The molecule has 0 aliphatic heterocycles. The van der Waals surface area contributed by atoms with Crippen molar-refractivity contribution in [3.63, 3.8) is 0 Å². The van der Waals surface area contributed by atoms with E-state index >= 15 is 0 Å². The Kier molecular flexibility index (Phi) is 3.16. The van der Waals surface area contributed by atoms with Crippen molar-refractivity contribution in [2.45, 2.75) is 24.8 Å². The molecule has 18 heavy (non-hydrogen) atoms. The van der Waals surface area contributed by atoms with Crippen LogP contribution in [0.25, 0.3) is 0 Å². The van der Waals surface area contributed by atoms with Crippen molar-refractivity contribution in [1.82, 2.24) is 0 Å². The van der Waals surface area contributed by atoms with Gasteiger partial charge in [-0.15, -0.1) is 0 Å². The van der Waals surface area contributed by atoms with Gasteiger partial charge in [-0.05, 0) is 25.3 Å². The average Bonchev–Trinajstić information content (AvgIpc) is 2.28. The number of halogens is 2. The van der Waals surface area contributed by atoms with Crippen LogP contribution in [0.1, 0.15) is 19.3 Å². The molecule has 5 nitrogen and oxygen atoms in total. The van der Waals surface area contributed by atoms with Crippen molar-refractivity contribution in [3.8, 4) is 0 Å². The molecule has 1 fully saturated rings. The maximum Gasteiger partial charge on any atom is 0.295 e. The van der Waals surface area contributed by atoms with Gasteiger partial charge in [0.05, 0.1) is 17.1 Å². The summed E-state index contributed by atoms with van der Waals surface area (Å²) in [6, 6.07) is 1.62. The number of nitrogens with one attached hydrogen (secondary N) is 1. The van der Waals surface area contributed by atoms with Crippen LogP contribution >= 0.6 is 0 Å². The monoisotopic (exact) mass is 258 g/mol. The van der Waals surface area contributed by atoms with Gasteiger partial charge in [0.1, 0.15) is 0 Å². The first-order chi connectivity index (χ1) is 8.49. The molecule has 0 aromatic heterocycles. The molecule has 0 unspecified atom stereocenters. The Hall–Kier alpha value is -1.76. The molecule has 2 N–H and O–H groups in total. The fraction of sp³-hybridized carbons (Fsp3) is 0.455. The number of nitrogens with zero attached hydrogens (tertiary/aromatic N) is 1. The third-order valence-corrected chi connectivity index (χ3v) is 3.27. The van der Waals surface area contributed by atoms with E-state index in [1.54, 1.807) is 0 Å². The molecule has 7 heteroatoms. The van der Waals surface area contributed by atoms with Gasteiger partial charge in [0.15, 0.2) is 17.3 Å². The third-order valence-electron chi connectivity index (χ3n) is 3.27. The third kappa shape index (κ3) is 2.01. The van der Waals surface area contributed by atoms with Gasteiger partial charge >= 0.3 is 0 Å². The molecular formula is C11H12F2N2O3. The maximum absolute atomic E-state index is 13.6. The number of nitro benzene ring substituents is 1. The highest BCUT2D eigenvalue weighted by Gasteiger charge is 2.39. The van der Waals surface area contributed by atoms with Crippen LogP contribution in [0, 0.1) is 21.7 Å². The Balaban J connectivity index is 2.41. The summed E-state index contributed by atoms with van der Waals surface area (Å²) < 4.78 is 26.7. The van der Waals surface area contributed by atoms with Crippen LogP contribution in [-0.4, -0.2) is 22.2 Å². The predicted octanol–water partition coefficient (Wildman–Crippen LogP) is 2.20.